The molecule has 0 aromatic heterocycles. The van der Waals surface area contributed by atoms with Crippen molar-refractivity contribution in [3.63, 3.8) is 0 Å². The Morgan fingerprint density at radius 2 is 2.00 bits per heavy atom. The van der Waals surface area contributed by atoms with E-state index in [1.807, 2.05) is 6.07 Å². The van der Waals surface area contributed by atoms with Crippen LogP contribution < -0.4 is 0 Å². The zero-order chi connectivity index (χ0) is 14.6. The van der Waals surface area contributed by atoms with E-state index in [-0.39, 0.29) is 39.1 Å². The molecule has 102 valence electrons. The molecule has 1 rings (SSSR count). The Hall–Kier alpha value is -1.29. The molecule has 0 radical (unpaired) electrons. The highest BCUT2D eigenvalue weighted by Crippen LogP contribution is 2.30. The van der Waals surface area contributed by atoms with Crippen LogP contribution in [0.2, 0.25) is 10.0 Å². The maximum absolute atomic E-state index is 12.0. The summed E-state index contributed by atoms with van der Waals surface area (Å²) in [5.74, 6) is -1.65. The normalized spacial score (nSPS) is 11.0. The van der Waals surface area contributed by atoms with Crippen LogP contribution in [0.15, 0.2) is 17.0 Å². The maximum atomic E-state index is 12.0. The van der Waals surface area contributed by atoms with Crippen LogP contribution >= 0.6 is 23.2 Å². The Morgan fingerprint density at radius 1 is 1.37 bits per heavy atom. The molecule has 0 amide bonds. The van der Waals surface area contributed by atoms with Crippen molar-refractivity contribution in [2.24, 2.45) is 0 Å². The average molecular weight is 322 g/mol. The van der Waals surface area contributed by atoms with Crippen molar-refractivity contribution in [2.75, 3.05) is 5.75 Å². The van der Waals surface area contributed by atoms with Gasteiger partial charge in [-0.2, -0.15) is 5.26 Å². The molecule has 0 bridgehead atoms. The number of nitrogens with zero attached hydrogens (tertiary/aromatic N) is 1. The number of rotatable bonds is 5. The highest BCUT2D eigenvalue weighted by atomic mass is 35.5. The maximum Gasteiger partial charge on any atom is 0.337 e. The van der Waals surface area contributed by atoms with E-state index in [9.17, 15) is 13.2 Å². The van der Waals surface area contributed by atoms with Gasteiger partial charge in [0, 0.05) is 11.4 Å². The van der Waals surface area contributed by atoms with Gasteiger partial charge in [0.15, 0.2) is 9.84 Å². The quantitative estimate of drug-likeness (QED) is 0.841. The Labute approximate surface area is 120 Å². The molecule has 1 aromatic carbocycles. The van der Waals surface area contributed by atoms with Crippen molar-refractivity contribution in [2.45, 2.75) is 17.7 Å². The van der Waals surface area contributed by atoms with Gasteiger partial charge in [-0.1, -0.05) is 23.2 Å². The molecule has 0 heterocycles. The van der Waals surface area contributed by atoms with Crippen molar-refractivity contribution in [1.29, 1.82) is 5.26 Å². The van der Waals surface area contributed by atoms with E-state index in [0.29, 0.717) is 0 Å². The lowest BCUT2D eigenvalue weighted by Crippen LogP contribution is -2.10. The van der Waals surface area contributed by atoms with Gasteiger partial charge >= 0.3 is 5.97 Å². The van der Waals surface area contributed by atoms with Crippen LogP contribution in [0.25, 0.3) is 0 Å². The number of sulfone groups is 1. The first kappa shape index (κ1) is 15.8. The van der Waals surface area contributed by atoms with E-state index >= 15 is 0 Å². The molecule has 0 aliphatic carbocycles. The summed E-state index contributed by atoms with van der Waals surface area (Å²) in [7, 11) is -3.77. The number of carboxylic acid groups (broad SMARTS) is 1. The number of aromatic carboxylic acids is 1. The van der Waals surface area contributed by atoms with Gasteiger partial charge in [-0.15, -0.1) is 0 Å². The van der Waals surface area contributed by atoms with E-state index in [1.165, 1.54) is 0 Å². The molecular formula is C11H9Cl2NO4S. The molecule has 1 N–H and O–H groups in total. The third kappa shape index (κ3) is 3.83. The molecule has 19 heavy (non-hydrogen) atoms. The van der Waals surface area contributed by atoms with E-state index in [1.54, 1.807) is 0 Å². The van der Waals surface area contributed by atoms with Gasteiger partial charge in [-0.05, 0) is 18.6 Å². The lowest BCUT2D eigenvalue weighted by Gasteiger charge is -2.08. The summed E-state index contributed by atoms with van der Waals surface area (Å²) in [4.78, 5) is 10.6. The average Bonchev–Trinajstić information content (AvgIpc) is 2.31. The Kier molecular flexibility index (Phi) is 5.18. The summed E-state index contributed by atoms with van der Waals surface area (Å²) in [5, 5.41) is 16.9. The van der Waals surface area contributed by atoms with Crippen LogP contribution in [0, 0.1) is 11.3 Å². The Balaban J connectivity index is 3.27. The van der Waals surface area contributed by atoms with Crippen molar-refractivity contribution in [3.8, 4) is 6.07 Å². The molecular weight excluding hydrogens is 313 g/mol. The van der Waals surface area contributed by atoms with Crippen LogP contribution in [0.1, 0.15) is 23.2 Å². The smallest absolute Gasteiger partial charge is 0.337 e. The molecule has 1 aromatic rings. The van der Waals surface area contributed by atoms with Gasteiger partial charge in [0.05, 0.1) is 27.3 Å². The summed E-state index contributed by atoms with van der Waals surface area (Å²) in [5.41, 5.74) is -0.368. The number of unbranched alkanes of at least 4 members (excludes halogenated alkanes) is 1. The molecule has 0 fully saturated rings. The predicted molar refractivity (Wildman–Crippen MR) is 70.3 cm³/mol. The minimum Gasteiger partial charge on any atom is -0.478 e. The lowest BCUT2D eigenvalue weighted by atomic mass is 10.2. The molecule has 0 saturated heterocycles. The third-order valence-electron chi connectivity index (χ3n) is 2.27. The number of benzene rings is 1. The Morgan fingerprint density at radius 3 is 2.53 bits per heavy atom. The van der Waals surface area contributed by atoms with Crippen molar-refractivity contribution < 1.29 is 18.3 Å². The first-order valence-corrected chi connectivity index (χ1v) is 7.52. The molecule has 8 heteroatoms. The predicted octanol–water partition coefficient (Wildman–Crippen LogP) is 2.77. The third-order valence-corrected chi connectivity index (χ3v) is 4.83. The van der Waals surface area contributed by atoms with Crippen LogP contribution in [0.5, 0.6) is 0 Å². The summed E-state index contributed by atoms with van der Waals surface area (Å²) in [6, 6.07) is 4.02. The van der Waals surface area contributed by atoms with Crippen LogP contribution in [-0.2, 0) is 9.84 Å². The molecule has 0 atom stereocenters. The first-order chi connectivity index (χ1) is 8.79. The van der Waals surface area contributed by atoms with Gasteiger partial charge in [0.25, 0.3) is 0 Å². The number of carboxylic acids is 1. The number of nitriles is 1. The number of carbonyl (C=O) groups is 1. The largest absolute Gasteiger partial charge is 0.478 e. The standard InChI is InChI=1S/C11H9Cl2NO4S/c12-7-5-8(11(15)16)10(13)9(6-7)19(17,18)4-2-1-3-14/h5-6H,1-2,4H2,(H,15,16). The van der Waals surface area contributed by atoms with Crippen LogP contribution in [-0.4, -0.2) is 25.2 Å². The van der Waals surface area contributed by atoms with Crippen molar-refractivity contribution in [1.82, 2.24) is 0 Å². The zero-order valence-electron chi connectivity index (χ0n) is 9.56. The Bertz CT molecular complexity index is 649. The van der Waals surface area contributed by atoms with Gasteiger partial charge in [-0.25, -0.2) is 13.2 Å². The number of hydrogen-bond donors (Lipinski definition) is 1. The highest BCUT2D eigenvalue weighted by Gasteiger charge is 2.23. The van der Waals surface area contributed by atoms with Crippen LogP contribution in [0.3, 0.4) is 0 Å². The first-order valence-electron chi connectivity index (χ1n) is 5.11. The molecule has 0 saturated carbocycles. The fourth-order valence-corrected chi connectivity index (χ4v) is 3.66. The fourth-order valence-electron chi connectivity index (χ4n) is 1.40. The van der Waals surface area contributed by atoms with E-state index in [0.717, 1.165) is 12.1 Å². The highest BCUT2D eigenvalue weighted by molar-refractivity contribution is 7.91. The lowest BCUT2D eigenvalue weighted by molar-refractivity contribution is 0.0697. The van der Waals surface area contributed by atoms with E-state index in [4.69, 9.17) is 33.6 Å². The molecule has 0 aliphatic rings. The summed E-state index contributed by atoms with van der Waals surface area (Å²) in [6.45, 7) is 0. The van der Waals surface area contributed by atoms with Gasteiger partial charge in [0.1, 0.15) is 0 Å². The monoisotopic (exact) mass is 321 g/mol. The fraction of sp³-hybridized carbons (Fsp3) is 0.273. The number of hydrogen-bond acceptors (Lipinski definition) is 4. The summed E-state index contributed by atoms with van der Waals surface area (Å²) < 4.78 is 24.0. The molecule has 0 unspecified atom stereocenters. The number of halogens is 2. The van der Waals surface area contributed by atoms with Gasteiger partial charge in [0.2, 0.25) is 0 Å². The second kappa shape index (κ2) is 6.24. The zero-order valence-corrected chi connectivity index (χ0v) is 11.9. The summed E-state index contributed by atoms with van der Waals surface area (Å²) in [6.07, 6.45) is 0.229. The second-order valence-electron chi connectivity index (χ2n) is 3.65. The van der Waals surface area contributed by atoms with E-state index in [2.05, 4.69) is 0 Å². The van der Waals surface area contributed by atoms with E-state index < -0.39 is 15.8 Å². The van der Waals surface area contributed by atoms with Crippen LogP contribution in [0.4, 0.5) is 0 Å². The topological polar surface area (TPSA) is 95.2 Å². The minimum atomic E-state index is -3.77. The SMILES string of the molecule is N#CCCCS(=O)(=O)c1cc(Cl)cc(C(=O)O)c1Cl. The minimum absolute atomic E-state index is 0.0272. The van der Waals surface area contributed by atoms with Crippen molar-refractivity contribution >= 4 is 39.0 Å². The molecule has 5 nitrogen and oxygen atoms in total. The molecule has 0 aliphatic heterocycles. The molecule has 0 spiro atoms. The van der Waals surface area contributed by atoms with Gasteiger partial charge < -0.3 is 5.11 Å². The second-order valence-corrected chi connectivity index (χ2v) is 6.54. The summed E-state index contributed by atoms with van der Waals surface area (Å²) >= 11 is 11.5. The van der Waals surface area contributed by atoms with Crippen molar-refractivity contribution in [3.05, 3.63) is 27.7 Å². The van der Waals surface area contributed by atoms with Gasteiger partial charge in [-0.3, -0.25) is 0 Å².